The van der Waals surface area contributed by atoms with Gasteiger partial charge in [0.05, 0.1) is 22.0 Å². The van der Waals surface area contributed by atoms with Crippen molar-refractivity contribution >= 4 is 21.7 Å². The van der Waals surface area contributed by atoms with Crippen molar-refractivity contribution in [1.29, 1.82) is 0 Å². The molecule has 0 amide bonds. The highest BCUT2D eigenvalue weighted by Crippen LogP contribution is 2.29. The van der Waals surface area contributed by atoms with E-state index in [-0.39, 0.29) is 28.3 Å². The lowest BCUT2D eigenvalue weighted by Gasteiger charge is -2.34. The standard InChI is InChI=1S/C18H21N7O3S/c1-10(2)29(26,27)13-5-3-11(4-6-13)14-7-21-16(20)15(22-14)17-23-24-18(28-17)25-8-12(19)9-25/h3-7,10,12H,8-9,19H2,1-2H3,(H2,20,21). The second-order valence-electron chi connectivity index (χ2n) is 7.16. The Kier molecular flexibility index (Phi) is 4.71. The first-order valence-electron chi connectivity index (χ1n) is 9.07. The summed E-state index contributed by atoms with van der Waals surface area (Å²) in [5.41, 5.74) is 13.2. The Morgan fingerprint density at radius 2 is 1.86 bits per heavy atom. The second kappa shape index (κ2) is 7.08. The molecular formula is C18H21N7O3S. The van der Waals surface area contributed by atoms with E-state index < -0.39 is 15.1 Å². The monoisotopic (exact) mass is 415 g/mol. The lowest BCUT2D eigenvalue weighted by molar-refractivity contribution is 0.453. The molecule has 0 bridgehead atoms. The first kappa shape index (κ1) is 19.3. The van der Waals surface area contributed by atoms with Crippen LogP contribution in [0.1, 0.15) is 13.8 Å². The highest BCUT2D eigenvalue weighted by atomic mass is 32.2. The van der Waals surface area contributed by atoms with Crippen LogP contribution in [0.15, 0.2) is 39.8 Å². The first-order valence-corrected chi connectivity index (χ1v) is 10.6. The summed E-state index contributed by atoms with van der Waals surface area (Å²) in [6, 6.07) is 6.93. The fourth-order valence-electron chi connectivity index (χ4n) is 2.89. The van der Waals surface area contributed by atoms with Gasteiger partial charge in [0.25, 0.3) is 5.89 Å². The topological polar surface area (TPSA) is 154 Å². The number of benzene rings is 1. The van der Waals surface area contributed by atoms with Crippen molar-refractivity contribution in [3.05, 3.63) is 30.5 Å². The van der Waals surface area contributed by atoms with Gasteiger partial charge in [-0.15, -0.1) is 5.10 Å². The maximum absolute atomic E-state index is 12.3. The van der Waals surface area contributed by atoms with Crippen LogP contribution in [0.5, 0.6) is 0 Å². The van der Waals surface area contributed by atoms with Gasteiger partial charge in [0.15, 0.2) is 21.3 Å². The smallest absolute Gasteiger partial charge is 0.318 e. The van der Waals surface area contributed by atoms with Crippen LogP contribution in [0, 0.1) is 0 Å². The van der Waals surface area contributed by atoms with Crippen LogP contribution < -0.4 is 16.4 Å². The van der Waals surface area contributed by atoms with E-state index in [1.807, 2.05) is 4.90 Å². The van der Waals surface area contributed by atoms with Gasteiger partial charge in [0.2, 0.25) is 0 Å². The normalized spacial score (nSPS) is 15.0. The molecule has 1 aliphatic rings. The summed E-state index contributed by atoms with van der Waals surface area (Å²) < 4.78 is 30.2. The number of anilines is 2. The summed E-state index contributed by atoms with van der Waals surface area (Å²) in [5.74, 6) is 0.314. The van der Waals surface area contributed by atoms with Crippen molar-refractivity contribution < 1.29 is 12.8 Å². The molecule has 3 heterocycles. The van der Waals surface area contributed by atoms with Gasteiger partial charge < -0.3 is 20.8 Å². The number of sulfone groups is 1. The number of aromatic nitrogens is 4. The van der Waals surface area contributed by atoms with E-state index in [0.29, 0.717) is 30.4 Å². The van der Waals surface area contributed by atoms with Crippen LogP contribution in [0.3, 0.4) is 0 Å². The van der Waals surface area contributed by atoms with Crippen LogP contribution in [0.25, 0.3) is 22.8 Å². The van der Waals surface area contributed by atoms with E-state index in [9.17, 15) is 8.42 Å². The molecule has 10 nitrogen and oxygen atoms in total. The molecule has 152 valence electrons. The van der Waals surface area contributed by atoms with E-state index in [4.69, 9.17) is 15.9 Å². The van der Waals surface area contributed by atoms with Crippen molar-refractivity contribution in [2.75, 3.05) is 23.7 Å². The molecule has 1 saturated heterocycles. The van der Waals surface area contributed by atoms with Gasteiger partial charge in [-0.2, -0.15) is 0 Å². The van der Waals surface area contributed by atoms with E-state index in [2.05, 4.69) is 20.2 Å². The third kappa shape index (κ3) is 3.54. The van der Waals surface area contributed by atoms with E-state index in [0.717, 1.165) is 0 Å². The maximum atomic E-state index is 12.3. The van der Waals surface area contributed by atoms with Crippen molar-refractivity contribution in [1.82, 2.24) is 20.2 Å². The SMILES string of the molecule is CC(C)S(=O)(=O)c1ccc(-c2cnc(N)c(-c3nnc(N4CC(N)C4)o3)n2)cc1. The van der Waals surface area contributed by atoms with Crippen LogP contribution in [-0.2, 0) is 9.84 Å². The molecule has 29 heavy (non-hydrogen) atoms. The minimum atomic E-state index is -3.34. The molecular weight excluding hydrogens is 394 g/mol. The molecule has 0 atom stereocenters. The van der Waals surface area contributed by atoms with E-state index in [1.165, 1.54) is 6.20 Å². The van der Waals surface area contributed by atoms with Crippen LogP contribution in [0.2, 0.25) is 0 Å². The van der Waals surface area contributed by atoms with Crippen LogP contribution in [0.4, 0.5) is 11.8 Å². The quantitative estimate of drug-likeness (QED) is 0.619. The molecule has 0 spiro atoms. The summed E-state index contributed by atoms with van der Waals surface area (Å²) in [5, 5.41) is 7.53. The Hall–Kier alpha value is -3.05. The molecule has 1 aromatic carbocycles. The maximum Gasteiger partial charge on any atom is 0.318 e. The van der Waals surface area contributed by atoms with Crippen LogP contribution >= 0.6 is 0 Å². The van der Waals surface area contributed by atoms with Gasteiger partial charge in [-0.1, -0.05) is 17.2 Å². The predicted molar refractivity (Wildman–Crippen MR) is 108 cm³/mol. The summed E-state index contributed by atoms with van der Waals surface area (Å²) in [4.78, 5) is 10.8. The van der Waals surface area contributed by atoms with Gasteiger partial charge >= 0.3 is 6.01 Å². The molecule has 0 saturated carbocycles. The molecule has 3 aromatic rings. The fourth-order valence-corrected chi connectivity index (χ4v) is 3.95. The zero-order valence-corrected chi connectivity index (χ0v) is 16.8. The summed E-state index contributed by atoms with van der Waals surface area (Å²) >= 11 is 0. The molecule has 4 N–H and O–H groups in total. The van der Waals surface area contributed by atoms with Crippen LogP contribution in [-0.4, -0.2) is 53.0 Å². The second-order valence-corrected chi connectivity index (χ2v) is 9.67. The third-order valence-corrected chi connectivity index (χ3v) is 6.87. The van der Waals surface area contributed by atoms with Crippen molar-refractivity contribution in [2.24, 2.45) is 5.73 Å². The van der Waals surface area contributed by atoms with Crippen molar-refractivity contribution in [3.8, 4) is 22.8 Å². The molecule has 0 aliphatic carbocycles. The van der Waals surface area contributed by atoms with E-state index in [1.54, 1.807) is 38.1 Å². The molecule has 0 radical (unpaired) electrons. The largest absolute Gasteiger partial charge is 0.401 e. The number of nitrogens with zero attached hydrogens (tertiary/aromatic N) is 5. The highest BCUT2D eigenvalue weighted by Gasteiger charge is 2.28. The van der Waals surface area contributed by atoms with Gasteiger partial charge in [-0.25, -0.2) is 18.4 Å². The molecule has 2 aromatic heterocycles. The Morgan fingerprint density at radius 1 is 1.17 bits per heavy atom. The zero-order valence-electron chi connectivity index (χ0n) is 16.0. The summed E-state index contributed by atoms with van der Waals surface area (Å²) in [7, 11) is -3.34. The van der Waals surface area contributed by atoms with Crippen molar-refractivity contribution in [2.45, 2.75) is 30.0 Å². The average Bonchev–Trinajstić information content (AvgIpc) is 3.15. The molecule has 1 fully saturated rings. The molecule has 4 rings (SSSR count). The Balaban J connectivity index is 1.64. The number of nitrogen functional groups attached to an aromatic ring is 1. The van der Waals surface area contributed by atoms with E-state index >= 15 is 0 Å². The highest BCUT2D eigenvalue weighted by molar-refractivity contribution is 7.92. The third-order valence-electron chi connectivity index (χ3n) is 4.70. The summed E-state index contributed by atoms with van der Waals surface area (Å²) in [6.07, 6.45) is 1.51. The first-order chi connectivity index (χ1) is 13.8. The number of nitrogens with two attached hydrogens (primary N) is 2. The predicted octanol–water partition coefficient (Wildman–Crippen LogP) is 1.11. The van der Waals surface area contributed by atoms with Gasteiger partial charge in [0.1, 0.15) is 0 Å². The Labute approximate surface area is 167 Å². The summed E-state index contributed by atoms with van der Waals surface area (Å²) in [6.45, 7) is 4.59. The van der Waals surface area contributed by atoms with Gasteiger partial charge in [-0.3, -0.25) is 0 Å². The lowest BCUT2D eigenvalue weighted by Crippen LogP contribution is -2.56. The van der Waals surface area contributed by atoms with Gasteiger partial charge in [0, 0.05) is 24.7 Å². The molecule has 11 heteroatoms. The minimum Gasteiger partial charge on any atom is -0.401 e. The minimum absolute atomic E-state index is 0.0982. The zero-order chi connectivity index (χ0) is 20.8. The number of hydrogen-bond donors (Lipinski definition) is 2. The van der Waals surface area contributed by atoms with Gasteiger partial charge in [-0.05, 0) is 26.0 Å². The number of hydrogen-bond acceptors (Lipinski definition) is 10. The van der Waals surface area contributed by atoms with Crippen molar-refractivity contribution in [3.63, 3.8) is 0 Å². The molecule has 1 aliphatic heterocycles. The Bertz CT molecular complexity index is 1140. The molecule has 0 unspecified atom stereocenters. The number of rotatable bonds is 5. The Morgan fingerprint density at radius 3 is 2.48 bits per heavy atom. The average molecular weight is 415 g/mol. The lowest BCUT2D eigenvalue weighted by atomic mass is 10.1. The fraction of sp³-hybridized carbons (Fsp3) is 0.333.